The van der Waals surface area contributed by atoms with E-state index >= 15 is 0 Å². The number of carbonyl (C=O) groups excluding carboxylic acids is 2. The summed E-state index contributed by atoms with van der Waals surface area (Å²) in [6, 6.07) is 6.43. The molecule has 33 heavy (non-hydrogen) atoms. The molecule has 0 bridgehead atoms. The maximum atomic E-state index is 13.2. The van der Waals surface area contributed by atoms with Crippen LogP contribution in [0.2, 0.25) is 0 Å². The Hall–Kier alpha value is -1.93. The highest BCUT2D eigenvalue weighted by Gasteiger charge is 2.33. The Kier molecular flexibility index (Phi) is 7.74. The van der Waals surface area contributed by atoms with Gasteiger partial charge in [-0.1, -0.05) is 25.3 Å². The summed E-state index contributed by atoms with van der Waals surface area (Å²) in [5, 5.41) is 0. The van der Waals surface area contributed by atoms with Crippen LogP contribution in [0.1, 0.15) is 75.1 Å². The summed E-state index contributed by atoms with van der Waals surface area (Å²) in [5.41, 5.74) is 0.401. The van der Waals surface area contributed by atoms with Crippen LogP contribution in [-0.2, 0) is 14.8 Å². The zero-order chi connectivity index (χ0) is 23.4. The maximum absolute atomic E-state index is 13.2. The molecule has 7 nitrogen and oxygen atoms in total. The van der Waals surface area contributed by atoms with E-state index < -0.39 is 10.0 Å². The second kappa shape index (κ2) is 10.6. The number of carbonyl (C=O) groups is 2. The zero-order valence-electron chi connectivity index (χ0n) is 19.7. The summed E-state index contributed by atoms with van der Waals surface area (Å²) >= 11 is 0. The van der Waals surface area contributed by atoms with Crippen LogP contribution in [-0.4, -0.2) is 73.1 Å². The number of sulfonamides is 1. The lowest BCUT2D eigenvalue weighted by atomic mass is 9.94. The number of likely N-dealkylation sites (tertiary alicyclic amines) is 2. The fraction of sp³-hybridized carbons (Fsp3) is 0.680. The van der Waals surface area contributed by atoms with E-state index in [1.165, 1.54) is 18.9 Å². The molecule has 3 aliphatic rings. The van der Waals surface area contributed by atoms with Crippen molar-refractivity contribution in [1.29, 1.82) is 0 Å². The van der Waals surface area contributed by atoms with Gasteiger partial charge in [0.15, 0.2) is 0 Å². The van der Waals surface area contributed by atoms with Crippen LogP contribution in [0.3, 0.4) is 0 Å². The number of piperidine rings is 2. The molecule has 3 fully saturated rings. The SMILES string of the molecule is C[C@H]1CCCCN1S(=O)(=O)c1cccc(C(=O)N2CCC(C(=O)N3CCCCCC3)CC2)c1. The predicted octanol–water partition coefficient (Wildman–Crippen LogP) is 3.50. The first kappa shape index (κ1) is 24.2. The van der Waals surface area contributed by atoms with Crippen molar-refractivity contribution in [1.82, 2.24) is 14.1 Å². The predicted molar refractivity (Wildman–Crippen MR) is 127 cm³/mol. The minimum absolute atomic E-state index is 0.0144. The standard InChI is InChI=1S/C25H37N3O4S/c1-20-9-4-7-16-28(20)33(31,32)23-11-8-10-22(19-23)25(30)27-17-12-21(13-18-27)24(29)26-14-5-2-3-6-15-26/h8,10-11,19-21H,2-7,9,12-18H2,1H3/t20-/m0/s1. The fourth-order valence-electron chi connectivity index (χ4n) is 5.42. The van der Waals surface area contributed by atoms with E-state index in [1.807, 2.05) is 11.8 Å². The normalized spacial score (nSPS) is 23.8. The van der Waals surface area contributed by atoms with Gasteiger partial charge in [-0.25, -0.2) is 8.42 Å². The molecule has 0 N–H and O–H groups in total. The van der Waals surface area contributed by atoms with Crippen molar-refractivity contribution >= 4 is 21.8 Å². The minimum Gasteiger partial charge on any atom is -0.342 e. The molecule has 0 unspecified atom stereocenters. The van der Waals surface area contributed by atoms with Gasteiger partial charge in [-0.15, -0.1) is 0 Å². The number of amides is 2. The second-order valence-electron chi connectivity index (χ2n) is 9.79. The van der Waals surface area contributed by atoms with E-state index in [1.54, 1.807) is 27.4 Å². The molecular formula is C25H37N3O4S. The van der Waals surface area contributed by atoms with E-state index in [2.05, 4.69) is 0 Å². The topological polar surface area (TPSA) is 78.0 Å². The minimum atomic E-state index is -3.62. The van der Waals surface area contributed by atoms with Gasteiger partial charge in [0.2, 0.25) is 15.9 Å². The van der Waals surface area contributed by atoms with Gasteiger partial charge in [-0.2, -0.15) is 4.31 Å². The molecule has 0 radical (unpaired) electrons. The second-order valence-corrected chi connectivity index (χ2v) is 11.7. The molecule has 0 saturated carbocycles. The lowest BCUT2D eigenvalue weighted by Crippen LogP contribution is -2.44. The Bertz CT molecular complexity index is 948. The number of benzene rings is 1. The van der Waals surface area contributed by atoms with E-state index in [0.717, 1.165) is 45.2 Å². The molecule has 0 aliphatic carbocycles. The summed E-state index contributed by atoms with van der Waals surface area (Å²) in [6.45, 7) is 5.25. The lowest BCUT2D eigenvalue weighted by molar-refractivity contribution is -0.136. The van der Waals surface area contributed by atoms with Crippen molar-refractivity contribution in [3.05, 3.63) is 29.8 Å². The van der Waals surface area contributed by atoms with Gasteiger partial charge >= 0.3 is 0 Å². The van der Waals surface area contributed by atoms with Crippen LogP contribution in [0, 0.1) is 5.92 Å². The monoisotopic (exact) mass is 475 g/mol. The smallest absolute Gasteiger partial charge is 0.253 e. The Balaban J connectivity index is 1.39. The van der Waals surface area contributed by atoms with E-state index in [-0.39, 0.29) is 28.7 Å². The van der Waals surface area contributed by atoms with Gasteiger partial charge in [0, 0.05) is 50.2 Å². The Morgan fingerprint density at radius 3 is 2.15 bits per heavy atom. The van der Waals surface area contributed by atoms with Crippen molar-refractivity contribution in [2.75, 3.05) is 32.7 Å². The van der Waals surface area contributed by atoms with Gasteiger partial charge in [-0.05, 0) is 63.6 Å². The highest BCUT2D eigenvalue weighted by molar-refractivity contribution is 7.89. The summed E-state index contributed by atoms with van der Waals surface area (Å²) in [7, 11) is -3.62. The summed E-state index contributed by atoms with van der Waals surface area (Å²) in [5.74, 6) is 0.0756. The molecule has 2 amide bonds. The Morgan fingerprint density at radius 1 is 0.818 bits per heavy atom. The van der Waals surface area contributed by atoms with Gasteiger partial charge in [0.25, 0.3) is 5.91 Å². The van der Waals surface area contributed by atoms with E-state index in [9.17, 15) is 18.0 Å². The van der Waals surface area contributed by atoms with Crippen LogP contribution in [0.25, 0.3) is 0 Å². The van der Waals surface area contributed by atoms with Crippen LogP contribution in [0.15, 0.2) is 29.2 Å². The van der Waals surface area contributed by atoms with Crippen molar-refractivity contribution < 1.29 is 18.0 Å². The average Bonchev–Trinajstić information content (AvgIpc) is 3.13. The van der Waals surface area contributed by atoms with Gasteiger partial charge in [0.05, 0.1) is 4.90 Å². The number of hydrogen-bond donors (Lipinski definition) is 0. The first-order valence-electron chi connectivity index (χ1n) is 12.6. The Morgan fingerprint density at radius 2 is 1.48 bits per heavy atom. The van der Waals surface area contributed by atoms with E-state index in [4.69, 9.17) is 0 Å². The highest BCUT2D eigenvalue weighted by atomic mass is 32.2. The molecule has 4 rings (SSSR count). The number of hydrogen-bond acceptors (Lipinski definition) is 4. The van der Waals surface area contributed by atoms with Crippen LogP contribution >= 0.6 is 0 Å². The van der Waals surface area contributed by atoms with Crippen LogP contribution in [0.5, 0.6) is 0 Å². The third-order valence-electron chi connectivity index (χ3n) is 7.48. The first-order valence-corrected chi connectivity index (χ1v) is 14.0. The molecule has 1 aromatic carbocycles. The Labute approximate surface area is 198 Å². The van der Waals surface area contributed by atoms with Gasteiger partial charge in [-0.3, -0.25) is 9.59 Å². The first-order chi connectivity index (χ1) is 15.9. The summed E-state index contributed by atoms with van der Waals surface area (Å²) in [6.07, 6.45) is 8.67. The zero-order valence-corrected chi connectivity index (χ0v) is 20.6. The number of nitrogens with zero attached hydrogens (tertiary/aromatic N) is 3. The molecule has 8 heteroatoms. The van der Waals surface area contributed by atoms with Crippen molar-refractivity contribution in [2.45, 2.75) is 75.6 Å². The molecular weight excluding hydrogens is 438 g/mol. The fourth-order valence-corrected chi connectivity index (χ4v) is 7.16. The molecule has 0 aromatic heterocycles. The summed E-state index contributed by atoms with van der Waals surface area (Å²) in [4.78, 5) is 30.1. The third kappa shape index (κ3) is 5.43. The van der Waals surface area contributed by atoms with Crippen molar-refractivity contribution in [2.24, 2.45) is 5.92 Å². The number of rotatable bonds is 4. The van der Waals surface area contributed by atoms with Crippen LogP contribution in [0.4, 0.5) is 0 Å². The summed E-state index contributed by atoms with van der Waals surface area (Å²) < 4.78 is 28.0. The lowest BCUT2D eigenvalue weighted by Gasteiger charge is -2.34. The largest absolute Gasteiger partial charge is 0.342 e. The maximum Gasteiger partial charge on any atom is 0.253 e. The van der Waals surface area contributed by atoms with E-state index in [0.29, 0.717) is 38.0 Å². The molecule has 3 aliphatic heterocycles. The molecule has 3 saturated heterocycles. The molecule has 1 atom stereocenters. The third-order valence-corrected chi connectivity index (χ3v) is 9.49. The van der Waals surface area contributed by atoms with Crippen molar-refractivity contribution in [3.8, 4) is 0 Å². The highest BCUT2D eigenvalue weighted by Crippen LogP contribution is 2.27. The van der Waals surface area contributed by atoms with Gasteiger partial charge < -0.3 is 9.80 Å². The van der Waals surface area contributed by atoms with Crippen LogP contribution < -0.4 is 0 Å². The van der Waals surface area contributed by atoms with Crippen molar-refractivity contribution in [3.63, 3.8) is 0 Å². The average molecular weight is 476 g/mol. The molecule has 182 valence electrons. The quantitative estimate of drug-likeness (QED) is 0.668. The molecule has 0 spiro atoms. The molecule has 1 aromatic rings. The van der Waals surface area contributed by atoms with Gasteiger partial charge in [0.1, 0.15) is 0 Å². The molecule has 3 heterocycles.